The molecule has 0 aliphatic carbocycles. The van der Waals surface area contributed by atoms with Crippen LogP contribution in [0.5, 0.6) is 0 Å². The molecular weight excluding hydrogens is 354 g/mol. The van der Waals surface area contributed by atoms with Crippen LogP contribution in [-0.4, -0.2) is 25.5 Å². The number of halogens is 1. The van der Waals surface area contributed by atoms with E-state index in [1.165, 1.54) is 6.07 Å². The number of rotatable bonds is 5. The molecule has 0 unspecified atom stereocenters. The highest BCUT2D eigenvalue weighted by Crippen LogP contribution is 2.14. The standard InChI is InChI=1S/C18H18ClN5O2/c1-12-9-13(2)24(21-12)16-7-8-18(26)23(22-16)11-17(25)20-10-14-5-3-4-6-15(14)19/h3-9H,10-11H2,1-2H3,(H,20,25). The van der Waals surface area contributed by atoms with Gasteiger partial charge in [0, 0.05) is 23.3 Å². The topological polar surface area (TPSA) is 81.8 Å². The molecule has 3 rings (SSSR count). The van der Waals surface area contributed by atoms with Gasteiger partial charge in [-0.05, 0) is 37.6 Å². The van der Waals surface area contributed by atoms with Crippen molar-refractivity contribution in [2.45, 2.75) is 26.9 Å². The number of aromatic nitrogens is 4. The molecule has 0 saturated carbocycles. The van der Waals surface area contributed by atoms with Gasteiger partial charge in [0.05, 0.1) is 5.69 Å². The highest BCUT2D eigenvalue weighted by molar-refractivity contribution is 6.31. The molecule has 0 aliphatic heterocycles. The van der Waals surface area contributed by atoms with Crippen molar-refractivity contribution in [2.75, 3.05) is 0 Å². The lowest BCUT2D eigenvalue weighted by molar-refractivity contribution is -0.122. The van der Waals surface area contributed by atoms with Crippen molar-refractivity contribution in [1.29, 1.82) is 0 Å². The van der Waals surface area contributed by atoms with E-state index in [0.717, 1.165) is 21.6 Å². The van der Waals surface area contributed by atoms with Gasteiger partial charge in [0.1, 0.15) is 6.54 Å². The Balaban J connectivity index is 1.74. The van der Waals surface area contributed by atoms with E-state index in [-0.39, 0.29) is 24.6 Å². The van der Waals surface area contributed by atoms with Crippen LogP contribution in [0.15, 0.2) is 47.3 Å². The van der Waals surface area contributed by atoms with Crippen molar-refractivity contribution < 1.29 is 4.79 Å². The van der Waals surface area contributed by atoms with Gasteiger partial charge in [0.2, 0.25) is 5.91 Å². The SMILES string of the molecule is Cc1cc(C)n(-c2ccc(=O)n(CC(=O)NCc3ccccc3Cl)n2)n1. The Morgan fingerprint density at radius 2 is 1.92 bits per heavy atom. The first kappa shape index (κ1) is 17.9. The van der Waals surface area contributed by atoms with E-state index in [1.807, 2.05) is 38.1 Å². The minimum absolute atomic E-state index is 0.184. The number of benzene rings is 1. The molecule has 1 amide bonds. The molecule has 0 fully saturated rings. The number of amides is 1. The first-order valence-corrected chi connectivity index (χ1v) is 8.44. The third-order valence-electron chi connectivity index (χ3n) is 3.81. The molecule has 26 heavy (non-hydrogen) atoms. The Kier molecular flexibility index (Phi) is 5.18. The van der Waals surface area contributed by atoms with Crippen LogP contribution in [0.4, 0.5) is 0 Å². The molecule has 1 aromatic carbocycles. The van der Waals surface area contributed by atoms with Crippen molar-refractivity contribution in [3.8, 4) is 5.82 Å². The van der Waals surface area contributed by atoms with Gasteiger partial charge in [-0.25, -0.2) is 9.36 Å². The average Bonchev–Trinajstić information content (AvgIpc) is 2.94. The molecule has 0 spiro atoms. The third-order valence-corrected chi connectivity index (χ3v) is 4.18. The molecule has 8 heteroatoms. The van der Waals surface area contributed by atoms with Gasteiger partial charge < -0.3 is 5.32 Å². The lowest BCUT2D eigenvalue weighted by Crippen LogP contribution is -2.33. The summed E-state index contributed by atoms with van der Waals surface area (Å²) in [6.07, 6.45) is 0. The molecule has 2 heterocycles. The van der Waals surface area contributed by atoms with Gasteiger partial charge >= 0.3 is 0 Å². The van der Waals surface area contributed by atoms with E-state index in [4.69, 9.17) is 11.6 Å². The fourth-order valence-corrected chi connectivity index (χ4v) is 2.76. The van der Waals surface area contributed by atoms with E-state index in [2.05, 4.69) is 15.5 Å². The Labute approximate surface area is 155 Å². The van der Waals surface area contributed by atoms with Crippen molar-refractivity contribution in [1.82, 2.24) is 24.9 Å². The number of nitrogens with zero attached hydrogens (tertiary/aromatic N) is 4. The largest absolute Gasteiger partial charge is 0.350 e. The second kappa shape index (κ2) is 7.53. The fraction of sp³-hybridized carbons (Fsp3) is 0.222. The minimum Gasteiger partial charge on any atom is -0.350 e. The molecule has 3 aromatic rings. The number of aryl methyl sites for hydroxylation is 2. The lowest BCUT2D eigenvalue weighted by atomic mass is 10.2. The average molecular weight is 372 g/mol. The zero-order valence-electron chi connectivity index (χ0n) is 14.4. The van der Waals surface area contributed by atoms with Crippen LogP contribution < -0.4 is 10.9 Å². The quantitative estimate of drug-likeness (QED) is 0.743. The third kappa shape index (κ3) is 4.00. The highest BCUT2D eigenvalue weighted by Gasteiger charge is 2.10. The van der Waals surface area contributed by atoms with E-state index < -0.39 is 0 Å². The van der Waals surface area contributed by atoms with Crippen LogP contribution in [0.25, 0.3) is 5.82 Å². The molecule has 0 radical (unpaired) electrons. The van der Waals surface area contributed by atoms with E-state index in [9.17, 15) is 9.59 Å². The monoisotopic (exact) mass is 371 g/mol. The number of hydrogen-bond donors (Lipinski definition) is 1. The second-order valence-electron chi connectivity index (χ2n) is 5.89. The van der Waals surface area contributed by atoms with Gasteiger partial charge in [0.15, 0.2) is 5.82 Å². The Hall–Kier alpha value is -2.93. The van der Waals surface area contributed by atoms with Gasteiger partial charge in [-0.1, -0.05) is 29.8 Å². The molecule has 0 bridgehead atoms. The van der Waals surface area contributed by atoms with Crippen LogP contribution in [0.1, 0.15) is 17.0 Å². The van der Waals surface area contributed by atoms with Crippen LogP contribution in [-0.2, 0) is 17.9 Å². The summed E-state index contributed by atoms with van der Waals surface area (Å²) in [6.45, 7) is 3.87. The van der Waals surface area contributed by atoms with Gasteiger partial charge in [0.25, 0.3) is 5.56 Å². The van der Waals surface area contributed by atoms with Crippen molar-refractivity contribution in [2.24, 2.45) is 0 Å². The zero-order valence-corrected chi connectivity index (χ0v) is 15.2. The first-order valence-electron chi connectivity index (χ1n) is 8.06. The predicted molar refractivity (Wildman–Crippen MR) is 98.4 cm³/mol. The number of carbonyl (C=O) groups excluding carboxylic acids is 1. The summed E-state index contributed by atoms with van der Waals surface area (Å²) in [4.78, 5) is 24.2. The Bertz CT molecular complexity index is 1010. The summed E-state index contributed by atoms with van der Waals surface area (Å²) >= 11 is 6.07. The molecule has 0 aliphatic rings. The van der Waals surface area contributed by atoms with Gasteiger partial charge in [-0.15, -0.1) is 5.10 Å². The molecule has 2 aromatic heterocycles. The highest BCUT2D eigenvalue weighted by atomic mass is 35.5. The molecular formula is C18H18ClN5O2. The van der Waals surface area contributed by atoms with Crippen LogP contribution in [0, 0.1) is 13.8 Å². The van der Waals surface area contributed by atoms with Crippen molar-refractivity contribution >= 4 is 17.5 Å². The van der Waals surface area contributed by atoms with E-state index in [0.29, 0.717) is 10.8 Å². The maximum atomic E-state index is 12.2. The number of carbonyl (C=O) groups is 1. The predicted octanol–water partition coefficient (Wildman–Crippen LogP) is 2.02. The van der Waals surface area contributed by atoms with Crippen LogP contribution >= 0.6 is 11.6 Å². The summed E-state index contributed by atoms with van der Waals surface area (Å²) in [5, 5.41) is 11.9. The van der Waals surface area contributed by atoms with Gasteiger partial charge in [-0.3, -0.25) is 9.59 Å². The molecule has 0 saturated heterocycles. The van der Waals surface area contributed by atoms with E-state index in [1.54, 1.807) is 16.8 Å². The maximum absolute atomic E-state index is 12.2. The minimum atomic E-state index is -0.358. The summed E-state index contributed by atoms with van der Waals surface area (Å²) in [6, 6.07) is 12.1. The molecule has 7 nitrogen and oxygen atoms in total. The summed E-state index contributed by atoms with van der Waals surface area (Å²) in [5.41, 5.74) is 2.19. The van der Waals surface area contributed by atoms with Gasteiger partial charge in [-0.2, -0.15) is 5.10 Å². The number of hydrogen-bond acceptors (Lipinski definition) is 4. The van der Waals surface area contributed by atoms with Crippen molar-refractivity contribution in [3.63, 3.8) is 0 Å². The molecule has 1 N–H and O–H groups in total. The van der Waals surface area contributed by atoms with Crippen LogP contribution in [0.3, 0.4) is 0 Å². The fourth-order valence-electron chi connectivity index (χ4n) is 2.55. The summed E-state index contributed by atoms with van der Waals surface area (Å²) < 4.78 is 2.75. The summed E-state index contributed by atoms with van der Waals surface area (Å²) in [5.74, 6) is 0.152. The Morgan fingerprint density at radius 1 is 1.15 bits per heavy atom. The van der Waals surface area contributed by atoms with Crippen LogP contribution in [0.2, 0.25) is 5.02 Å². The molecule has 0 atom stereocenters. The summed E-state index contributed by atoms with van der Waals surface area (Å²) in [7, 11) is 0. The normalized spacial score (nSPS) is 10.7. The smallest absolute Gasteiger partial charge is 0.267 e. The van der Waals surface area contributed by atoms with Crippen molar-refractivity contribution in [3.05, 3.63) is 74.8 Å². The first-order chi connectivity index (χ1) is 12.4. The lowest BCUT2D eigenvalue weighted by Gasteiger charge is -2.09. The number of nitrogens with one attached hydrogen (secondary N) is 1. The van der Waals surface area contributed by atoms with E-state index >= 15 is 0 Å². The molecule has 134 valence electrons. The zero-order chi connectivity index (χ0) is 18.7. The Morgan fingerprint density at radius 3 is 2.62 bits per heavy atom. The maximum Gasteiger partial charge on any atom is 0.267 e. The second-order valence-corrected chi connectivity index (χ2v) is 6.30.